The first-order valence-electron chi connectivity index (χ1n) is 8.09. The van der Waals surface area contributed by atoms with Crippen LogP contribution in [0.5, 0.6) is 0 Å². The minimum Gasteiger partial charge on any atom is -0.462 e. The van der Waals surface area contributed by atoms with Crippen molar-refractivity contribution < 1.29 is 9.53 Å². The molecule has 0 aromatic rings. The molecule has 0 amide bonds. The summed E-state index contributed by atoms with van der Waals surface area (Å²) in [5.74, 6) is 2.25. The number of hydrogen-bond donors (Lipinski definition) is 0. The lowest BCUT2D eigenvalue weighted by atomic mass is 9.79. The second-order valence-electron chi connectivity index (χ2n) is 7.37. The second-order valence-corrected chi connectivity index (χ2v) is 7.37. The standard InChI is InChI=1S/C17H24O2/c1-2-17-6-5-12(10-17)9-15(17)19-16(18)14-8-11-3-4-13(14)7-11/h3-4,11-15H,2,5-10H2,1H3. The third-order valence-electron chi connectivity index (χ3n) is 6.52. The maximum Gasteiger partial charge on any atom is 0.309 e. The van der Waals surface area contributed by atoms with E-state index in [1.807, 2.05) is 0 Å². The Kier molecular flexibility index (Phi) is 2.59. The topological polar surface area (TPSA) is 26.3 Å². The summed E-state index contributed by atoms with van der Waals surface area (Å²) in [6, 6.07) is 0. The highest BCUT2D eigenvalue weighted by Crippen LogP contribution is 2.57. The van der Waals surface area contributed by atoms with Crippen LogP contribution in [-0.4, -0.2) is 12.1 Å². The zero-order valence-electron chi connectivity index (χ0n) is 11.8. The van der Waals surface area contributed by atoms with Crippen LogP contribution in [0.25, 0.3) is 0 Å². The van der Waals surface area contributed by atoms with Gasteiger partial charge in [-0.1, -0.05) is 19.1 Å². The summed E-state index contributed by atoms with van der Waals surface area (Å²) in [4.78, 5) is 12.5. The SMILES string of the molecule is CCC12CCC(CC1OC(=O)C1CC3C=CC1C3)C2. The first kappa shape index (κ1) is 12.0. The van der Waals surface area contributed by atoms with Crippen LogP contribution in [0.2, 0.25) is 0 Å². The predicted molar refractivity (Wildman–Crippen MR) is 73.4 cm³/mol. The van der Waals surface area contributed by atoms with E-state index in [2.05, 4.69) is 19.1 Å². The van der Waals surface area contributed by atoms with E-state index in [1.165, 1.54) is 32.1 Å². The van der Waals surface area contributed by atoms with Crippen LogP contribution >= 0.6 is 0 Å². The Labute approximate surface area is 115 Å². The lowest BCUT2D eigenvalue weighted by molar-refractivity contribution is -0.161. The minimum atomic E-state index is 0.113. The number of fused-ring (bicyclic) bond motifs is 4. The number of hydrogen-bond acceptors (Lipinski definition) is 2. The van der Waals surface area contributed by atoms with Gasteiger partial charge in [0.05, 0.1) is 5.92 Å². The van der Waals surface area contributed by atoms with Crippen LogP contribution in [0, 0.1) is 29.1 Å². The fourth-order valence-corrected chi connectivity index (χ4v) is 5.32. The highest BCUT2D eigenvalue weighted by Gasteiger charge is 2.53. The summed E-state index contributed by atoms with van der Waals surface area (Å²) in [7, 11) is 0. The van der Waals surface area contributed by atoms with Gasteiger partial charge in [-0.05, 0) is 62.7 Å². The van der Waals surface area contributed by atoms with Crippen molar-refractivity contribution in [2.75, 3.05) is 0 Å². The van der Waals surface area contributed by atoms with Gasteiger partial charge in [-0.3, -0.25) is 4.79 Å². The largest absolute Gasteiger partial charge is 0.462 e. The third-order valence-corrected chi connectivity index (χ3v) is 6.52. The summed E-state index contributed by atoms with van der Waals surface area (Å²) in [6.07, 6.45) is 13.2. The van der Waals surface area contributed by atoms with Gasteiger partial charge in [0, 0.05) is 5.41 Å². The van der Waals surface area contributed by atoms with Crippen molar-refractivity contribution in [1.82, 2.24) is 0 Å². The molecule has 4 aliphatic carbocycles. The van der Waals surface area contributed by atoms with Gasteiger partial charge in [0.1, 0.15) is 6.10 Å². The summed E-state index contributed by atoms with van der Waals surface area (Å²) in [5, 5.41) is 0. The summed E-state index contributed by atoms with van der Waals surface area (Å²) in [5.41, 5.74) is 0.341. The quantitative estimate of drug-likeness (QED) is 0.571. The molecule has 0 radical (unpaired) electrons. The first-order valence-corrected chi connectivity index (χ1v) is 8.09. The van der Waals surface area contributed by atoms with Crippen LogP contribution in [0.3, 0.4) is 0 Å². The normalized spacial score (nSPS) is 50.1. The van der Waals surface area contributed by atoms with Gasteiger partial charge in [-0.25, -0.2) is 0 Å². The first-order chi connectivity index (χ1) is 9.20. The molecule has 3 saturated carbocycles. The molecule has 2 nitrogen and oxygen atoms in total. The molecule has 0 aromatic carbocycles. The van der Waals surface area contributed by atoms with Crippen molar-refractivity contribution >= 4 is 5.97 Å². The summed E-state index contributed by atoms with van der Waals surface area (Å²) >= 11 is 0. The van der Waals surface area contributed by atoms with E-state index in [4.69, 9.17) is 4.74 Å². The van der Waals surface area contributed by atoms with E-state index >= 15 is 0 Å². The van der Waals surface area contributed by atoms with Gasteiger partial charge >= 0.3 is 5.97 Å². The molecule has 4 bridgehead atoms. The third kappa shape index (κ3) is 1.71. The molecule has 0 aliphatic heterocycles. The van der Waals surface area contributed by atoms with Crippen molar-refractivity contribution in [1.29, 1.82) is 0 Å². The number of ether oxygens (including phenoxy) is 1. The van der Waals surface area contributed by atoms with Crippen LogP contribution in [0.15, 0.2) is 12.2 Å². The van der Waals surface area contributed by atoms with Crippen molar-refractivity contribution in [3.05, 3.63) is 12.2 Å². The van der Waals surface area contributed by atoms with Gasteiger partial charge in [-0.15, -0.1) is 0 Å². The van der Waals surface area contributed by atoms with Crippen LogP contribution in [-0.2, 0) is 9.53 Å². The Balaban J connectivity index is 1.44. The zero-order valence-corrected chi connectivity index (χ0v) is 11.8. The summed E-state index contributed by atoms with van der Waals surface area (Å²) < 4.78 is 6.00. The Morgan fingerprint density at radius 1 is 1.32 bits per heavy atom. The highest BCUT2D eigenvalue weighted by atomic mass is 16.5. The Hall–Kier alpha value is -0.790. The van der Waals surface area contributed by atoms with E-state index in [-0.39, 0.29) is 18.0 Å². The average molecular weight is 260 g/mol. The van der Waals surface area contributed by atoms with Crippen molar-refractivity contribution in [2.45, 2.75) is 58.0 Å². The van der Waals surface area contributed by atoms with E-state index < -0.39 is 0 Å². The molecule has 0 heterocycles. The maximum absolute atomic E-state index is 12.5. The molecule has 19 heavy (non-hydrogen) atoms. The molecule has 3 fully saturated rings. The van der Waals surface area contributed by atoms with E-state index in [9.17, 15) is 4.79 Å². The van der Waals surface area contributed by atoms with Crippen molar-refractivity contribution in [2.24, 2.45) is 29.1 Å². The van der Waals surface area contributed by atoms with Gasteiger partial charge in [-0.2, -0.15) is 0 Å². The van der Waals surface area contributed by atoms with Crippen LogP contribution in [0.4, 0.5) is 0 Å². The van der Waals surface area contributed by atoms with Gasteiger partial charge in [0.2, 0.25) is 0 Å². The molecule has 0 spiro atoms. The Bertz CT molecular complexity index is 427. The Morgan fingerprint density at radius 3 is 2.84 bits per heavy atom. The van der Waals surface area contributed by atoms with E-state index in [0.717, 1.165) is 18.8 Å². The summed E-state index contributed by atoms with van der Waals surface area (Å²) in [6.45, 7) is 2.27. The van der Waals surface area contributed by atoms with Gasteiger partial charge in [0.25, 0.3) is 0 Å². The molecular formula is C17H24O2. The molecule has 2 heteroatoms. The molecule has 4 rings (SSSR count). The fraction of sp³-hybridized carbons (Fsp3) is 0.824. The number of rotatable bonds is 3. The minimum absolute atomic E-state index is 0.113. The van der Waals surface area contributed by atoms with Gasteiger partial charge in [0.15, 0.2) is 0 Å². The second kappa shape index (κ2) is 4.10. The molecule has 0 aromatic heterocycles. The number of esters is 1. The van der Waals surface area contributed by atoms with Crippen molar-refractivity contribution in [3.8, 4) is 0 Å². The number of carbonyl (C=O) groups is 1. The predicted octanol–water partition coefficient (Wildman–Crippen LogP) is 3.71. The number of allylic oxidation sites excluding steroid dienone is 2. The van der Waals surface area contributed by atoms with Crippen molar-refractivity contribution in [3.63, 3.8) is 0 Å². The van der Waals surface area contributed by atoms with Gasteiger partial charge < -0.3 is 4.74 Å². The molecule has 0 N–H and O–H groups in total. The monoisotopic (exact) mass is 260 g/mol. The average Bonchev–Trinajstić information content (AvgIpc) is 3.17. The highest BCUT2D eigenvalue weighted by molar-refractivity contribution is 5.74. The number of carbonyl (C=O) groups excluding carboxylic acids is 1. The molecule has 104 valence electrons. The lowest BCUT2D eigenvalue weighted by Gasteiger charge is -2.34. The molecule has 6 unspecified atom stereocenters. The zero-order chi connectivity index (χ0) is 13.0. The van der Waals surface area contributed by atoms with E-state index in [1.54, 1.807) is 0 Å². The Morgan fingerprint density at radius 2 is 2.21 bits per heavy atom. The smallest absolute Gasteiger partial charge is 0.309 e. The molecule has 0 saturated heterocycles. The van der Waals surface area contributed by atoms with Crippen LogP contribution < -0.4 is 0 Å². The van der Waals surface area contributed by atoms with Crippen LogP contribution in [0.1, 0.15) is 51.9 Å². The molecule has 6 atom stereocenters. The molecular weight excluding hydrogens is 236 g/mol. The van der Waals surface area contributed by atoms with E-state index in [0.29, 0.717) is 17.3 Å². The molecule has 4 aliphatic rings. The maximum atomic E-state index is 12.5. The fourth-order valence-electron chi connectivity index (χ4n) is 5.32. The lowest BCUT2D eigenvalue weighted by Crippen LogP contribution is -2.36.